The van der Waals surface area contributed by atoms with Gasteiger partial charge in [-0.2, -0.15) is 0 Å². The van der Waals surface area contributed by atoms with Crippen LogP contribution in [0.25, 0.3) is 0 Å². The van der Waals surface area contributed by atoms with Crippen molar-refractivity contribution >= 4 is 23.6 Å². The van der Waals surface area contributed by atoms with Crippen molar-refractivity contribution in [3.05, 3.63) is 59.2 Å². The summed E-state index contributed by atoms with van der Waals surface area (Å²) < 4.78 is 12.1. The van der Waals surface area contributed by atoms with E-state index in [-0.39, 0.29) is 55.5 Å². The van der Waals surface area contributed by atoms with Crippen LogP contribution in [-0.4, -0.2) is 73.5 Å². The van der Waals surface area contributed by atoms with Crippen LogP contribution in [0.3, 0.4) is 0 Å². The molecule has 2 aromatic rings. The number of rotatable bonds is 10. The number of nitrogens with zero attached hydrogens (tertiary/aromatic N) is 1. The van der Waals surface area contributed by atoms with Gasteiger partial charge in [-0.15, -0.1) is 0 Å². The van der Waals surface area contributed by atoms with Crippen molar-refractivity contribution in [2.75, 3.05) is 26.8 Å². The normalized spacial score (nSPS) is 19.7. The number of likely N-dealkylation sites (N-methyl/N-ethyl adjacent to an activating group) is 1. The highest BCUT2D eigenvalue weighted by Gasteiger charge is 2.33. The lowest BCUT2D eigenvalue weighted by atomic mass is 9.99. The number of para-hydroxylation sites is 1. The predicted octanol–water partition coefficient (Wildman–Crippen LogP) is 4.60. The van der Waals surface area contributed by atoms with Crippen molar-refractivity contribution in [1.82, 2.24) is 20.9 Å². The van der Waals surface area contributed by atoms with E-state index < -0.39 is 29.8 Å². The summed E-state index contributed by atoms with van der Waals surface area (Å²) in [6, 6.07) is 10.6. The molecular formula is C36H52N4O6. The zero-order valence-electron chi connectivity index (χ0n) is 28.6. The lowest BCUT2D eigenvalue weighted by molar-refractivity contribution is -0.138. The summed E-state index contributed by atoms with van der Waals surface area (Å²) in [5.74, 6) is 0.0151. The Morgan fingerprint density at radius 2 is 1.70 bits per heavy atom. The van der Waals surface area contributed by atoms with Crippen molar-refractivity contribution in [3.8, 4) is 11.5 Å². The van der Waals surface area contributed by atoms with Crippen molar-refractivity contribution < 1.29 is 28.7 Å². The van der Waals surface area contributed by atoms with E-state index in [1.807, 2.05) is 32.9 Å². The SMILES string of the molecule is Cc1ccc(C(C)C)cc1OCCNC(=O)[C@@H]1CC(=O)N[C@@H](CC(C)C)C(=O)N(C)[C@H](CC(C)C)COc2ccccc2C(=O)N1. The summed E-state index contributed by atoms with van der Waals surface area (Å²) in [6.07, 6.45) is 0.747. The molecule has 0 bridgehead atoms. The molecule has 1 aliphatic rings. The maximum atomic E-state index is 13.8. The monoisotopic (exact) mass is 636 g/mol. The van der Waals surface area contributed by atoms with E-state index in [0.717, 1.165) is 16.9 Å². The molecular weight excluding hydrogens is 584 g/mol. The fourth-order valence-electron chi connectivity index (χ4n) is 5.44. The van der Waals surface area contributed by atoms with E-state index in [0.29, 0.717) is 24.5 Å². The van der Waals surface area contributed by atoms with Crippen LogP contribution in [0.2, 0.25) is 0 Å². The van der Waals surface area contributed by atoms with E-state index in [9.17, 15) is 19.2 Å². The van der Waals surface area contributed by atoms with E-state index >= 15 is 0 Å². The first kappa shape index (κ1) is 36.4. The third-order valence-corrected chi connectivity index (χ3v) is 8.09. The maximum absolute atomic E-state index is 13.8. The molecule has 0 radical (unpaired) electrons. The Morgan fingerprint density at radius 1 is 1.00 bits per heavy atom. The standard InChI is InChI=1S/C36H52N4O6/c1-22(2)17-27-21-46-31-12-10-9-11-28(31)34(42)39-29(20-33(41)38-30(18-23(3)4)36(44)40(27)8)35(43)37-15-16-45-32-19-26(24(5)6)14-13-25(32)7/h9-14,19,22-24,27,29-30H,15-18,20-21H2,1-8H3,(H,37,43)(H,38,41)(H,39,42)/t27-,29+,30+/m1/s1. The maximum Gasteiger partial charge on any atom is 0.255 e. The second kappa shape index (κ2) is 17.0. The molecule has 252 valence electrons. The van der Waals surface area contributed by atoms with Gasteiger partial charge in [0.15, 0.2) is 0 Å². The van der Waals surface area contributed by atoms with Gasteiger partial charge in [0, 0.05) is 7.05 Å². The zero-order chi connectivity index (χ0) is 34.0. The number of nitrogens with one attached hydrogen (secondary N) is 3. The molecule has 1 aliphatic heterocycles. The van der Waals surface area contributed by atoms with Gasteiger partial charge in [0.25, 0.3) is 5.91 Å². The summed E-state index contributed by atoms with van der Waals surface area (Å²) in [7, 11) is 1.72. The average Bonchev–Trinajstić information content (AvgIpc) is 2.99. The van der Waals surface area contributed by atoms with Crippen molar-refractivity contribution in [2.24, 2.45) is 11.8 Å². The molecule has 2 aromatic carbocycles. The molecule has 0 fully saturated rings. The Morgan fingerprint density at radius 3 is 2.37 bits per heavy atom. The Hall–Kier alpha value is -4.08. The molecule has 3 atom stereocenters. The summed E-state index contributed by atoms with van der Waals surface area (Å²) in [5, 5.41) is 8.39. The van der Waals surface area contributed by atoms with Crippen molar-refractivity contribution in [1.29, 1.82) is 0 Å². The second-order valence-corrected chi connectivity index (χ2v) is 13.3. The van der Waals surface area contributed by atoms with E-state index in [1.165, 1.54) is 0 Å². The number of aryl methyl sites for hydroxylation is 1. The summed E-state index contributed by atoms with van der Waals surface area (Å²) in [4.78, 5) is 55.8. The molecule has 0 spiro atoms. The Labute approximate surface area is 274 Å². The first-order chi connectivity index (χ1) is 21.8. The van der Waals surface area contributed by atoms with Crippen molar-refractivity contribution in [3.63, 3.8) is 0 Å². The molecule has 0 unspecified atom stereocenters. The molecule has 0 aromatic heterocycles. The molecule has 4 amide bonds. The van der Waals surface area contributed by atoms with Gasteiger partial charge in [-0.05, 0) is 66.8 Å². The van der Waals surface area contributed by atoms with Gasteiger partial charge in [0.2, 0.25) is 17.7 Å². The third kappa shape index (κ3) is 10.5. The van der Waals surface area contributed by atoms with Gasteiger partial charge in [-0.3, -0.25) is 19.2 Å². The van der Waals surface area contributed by atoms with Crippen LogP contribution < -0.4 is 25.4 Å². The molecule has 1 heterocycles. The first-order valence-electron chi connectivity index (χ1n) is 16.4. The number of carbonyl (C=O) groups is 4. The highest BCUT2D eigenvalue weighted by Crippen LogP contribution is 2.25. The molecule has 10 nitrogen and oxygen atoms in total. The highest BCUT2D eigenvalue weighted by molar-refractivity contribution is 6.01. The Bertz CT molecular complexity index is 1360. The van der Waals surface area contributed by atoms with Crippen LogP contribution in [0.5, 0.6) is 11.5 Å². The van der Waals surface area contributed by atoms with Gasteiger partial charge in [-0.25, -0.2) is 0 Å². The van der Waals surface area contributed by atoms with Gasteiger partial charge in [0.1, 0.15) is 36.8 Å². The number of amides is 4. The largest absolute Gasteiger partial charge is 0.491 e. The number of benzene rings is 2. The smallest absolute Gasteiger partial charge is 0.255 e. The summed E-state index contributed by atoms with van der Waals surface area (Å²) in [6.45, 7) is 14.8. The summed E-state index contributed by atoms with van der Waals surface area (Å²) in [5.41, 5.74) is 2.37. The average molecular weight is 637 g/mol. The van der Waals surface area contributed by atoms with Gasteiger partial charge < -0.3 is 30.3 Å². The quantitative estimate of drug-likeness (QED) is 0.328. The first-order valence-corrected chi connectivity index (χ1v) is 16.4. The summed E-state index contributed by atoms with van der Waals surface area (Å²) >= 11 is 0. The fraction of sp³-hybridized carbons (Fsp3) is 0.556. The van der Waals surface area contributed by atoms with E-state index in [1.54, 1.807) is 36.2 Å². The van der Waals surface area contributed by atoms with Crippen LogP contribution in [0.15, 0.2) is 42.5 Å². The van der Waals surface area contributed by atoms with Gasteiger partial charge in [0.05, 0.1) is 24.6 Å². The van der Waals surface area contributed by atoms with Crippen LogP contribution in [0.4, 0.5) is 0 Å². The number of hydrogen-bond acceptors (Lipinski definition) is 6. The fourth-order valence-corrected chi connectivity index (χ4v) is 5.44. The van der Waals surface area contributed by atoms with Gasteiger partial charge in [-0.1, -0.05) is 65.8 Å². The highest BCUT2D eigenvalue weighted by atomic mass is 16.5. The number of hydrogen-bond donors (Lipinski definition) is 3. The minimum atomic E-state index is -1.20. The minimum Gasteiger partial charge on any atom is -0.491 e. The minimum absolute atomic E-state index is 0.122. The van der Waals surface area contributed by atoms with E-state index in [4.69, 9.17) is 9.47 Å². The molecule has 0 aliphatic carbocycles. The van der Waals surface area contributed by atoms with Crippen molar-refractivity contribution in [2.45, 2.75) is 91.8 Å². The topological polar surface area (TPSA) is 126 Å². The van der Waals surface area contributed by atoms with Crippen LogP contribution in [0.1, 0.15) is 88.2 Å². The molecule has 0 saturated heterocycles. The molecule has 3 N–H and O–H groups in total. The van der Waals surface area contributed by atoms with Crippen LogP contribution in [-0.2, 0) is 14.4 Å². The van der Waals surface area contributed by atoms with Gasteiger partial charge >= 0.3 is 0 Å². The number of ether oxygens (including phenoxy) is 2. The third-order valence-electron chi connectivity index (χ3n) is 8.09. The Balaban J connectivity index is 1.83. The van der Waals surface area contributed by atoms with Crippen LogP contribution >= 0.6 is 0 Å². The van der Waals surface area contributed by atoms with Crippen LogP contribution in [0, 0.1) is 18.8 Å². The number of carbonyl (C=O) groups excluding carboxylic acids is 4. The lowest BCUT2D eigenvalue weighted by Crippen LogP contribution is -2.55. The second-order valence-electron chi connectivity index (χ2n) is 13.3. The Kier molecular flexibility index (Phi) is 13.5. The molecule has 10 heteroatoms. The molecule has 0 saturated carbocycles. The molecule has 46 heavy (non-hydrogen) atoms. The lowest BCUT2D eigenvalue weighted by Gasteiger charge is -2.33. The molecule has 3 rings (SSSR count). The zero-order valence-corrected chi connectivity index (χ0v) is 28.6. The van der Waals surface area contributed by atoms with E-state index in [2.05, 4.69) is 49.7 Å². The number of fused-ring (bicyclic) bond motifs is 1. The predicted molar refractivity (Wildman–Crippen MR) is 179 cm³/mol.